The Morgan fingerprint density at radius 2 is 1.15 bits per heavy atom. The maximum absolute atomic E-state index is 11.3. The second kappa shape index (κ2) is 5.17. The Morgan fingerprint density at radius 3 is 1.81 bits per heavy atom. The fraction of sp³-hybridized carbons (Fsp3) is 0. The molecule has 0 aliphatic carbocycles. The van der Waals surface area contributed by atoms with Gasteiger partial charge in [0.1, 0.15) is 0 Å². The Morgan fingerprint density at radius 1 is 0.654 bits per heavy atom. The third-order valence-corrected chi connectivity index (χ3v) is 5.00. The molecular formula is C22H14N2O2. The van der Waals surface area contributed by atoms with E-state index in [-0.39, 0.29) is 10.6 Å². The zero-order valence-electron chi connectivity index (χ0n) is 13.8. The number of fused-ring (bicyclic) bond motifs is 4. The van der Waals surface area contributed by atoms with Gasteiger partial charge in [0.15, 0.2) is 0 Å². The molecule has 5 aromatic rings. The van der Waals surface area contributed by atoms with Crippen LogP contribution in [0.2, 0.25) is 0 Å². The first-order valence-corrected chi connectivity index (χ1v) is 8.33. The van der Waals surface area contributed by atoms with Crippen LogP contribution in [0.15, 0.2) is 72.8 Å². The van der Waals surface area contributed by atoms with Crippen LogP contribution in [-0.4, -0.2) is 4.92 Å². The Hall–Kier alpha value is -3.66. The van der Waals surface area contributed by atoms with Crippen molar-refractivity contribution in [3.05, 3.63) is 82.9 Å². The first-order chi connectivity index (χ1) is 12.6. The molecule has 4 nitrogen and oxygen atoms in total. The number of nitrogens with zero attached hydrogens (tertiary/aromatic N) is 1. The smallest absolute Gasteiger partial charge is 0.277 e. The highest BCUT2D eigenvalue weighted by Crippen LogP contribution is 2.34. The average Bonchev–Trinajstić information content (AvgIpc) is 2.63. The van der Waals surface area contributed by atoms with Crippen molar-refractivity contribution < 1.29 is 4.92 Å². The van der Waals surface area contributed by atoms with Gasteiger partial charge < -0.3 is 5.73 Å². The maximum atomic E-state index is 11.3. The van der Waals surface area contributed by atoms with Gasteiger partial charge in [-0.25, -0.2) is 0 Å². The Kier molecular flexibility index (Phi) is 2.91. The van der Waals surface area contributed by atoms with E-state index in [4.69, 9.17) is 5.73 Å². The maximum Gasteiger partial charge on any atom is 0.277 e. The van der Waals surface area contributed by atoms with Crippen molar-refractivity contribution in [3.8, 4) is 0 Å². The van der Waals surface area contributed by atoms with Crippen molar-refractivity contribution in [2.24, 2.45) is 0 Å². The third-order valence-electron chi connectivity index (χ3n) is 5.00. The van der Waals surface area contributed by atoms with Gasteiger partial charge in [-0.2, -0.15) is 0 Å². The molecule has 5 aromatic carbocycles. The van der Waals surface area contributed by atoms with Gasteiger partial charge in [0.2, 0.25) is 0 Å². The van der Waals surface area contributed by atoms with Crippen molar-refractivity contribution in [2.45, 2.75) is 0 Å². The lowest BCUT2D eigenvalue weighted by Gasteiger charge is -2.08. The molecule has 2 N–H and O–H groups in total. The highest BCUT2D eigenvalue weighted by molar-refractivity contribution is 6.10. The number of hydrogen-bond acceptors (Lipinski definition) is 3. The third kappa shape index (κ3) is 2.09. The van der Waals surface area contributed by atoms with E-state index in [1.165, 1.54) is 0 Å². The molecule has 0 heterocycles. The van der Waals surface area contributed by atoms with Crippen LogP contribution in [0.5, 0.6) is 0 Å². The van der Waals surface area contributed by atoms with E-state index in [0.29, 0.717) is 5.39 Å². The summed E-state index contributed by atoms with van der Waals surface area (Å²) < 4.78 is 0. The lowest BCUT2D eigenvalue weighted by Crippen LogP contribution is -1.90. The standard InChI is InChI=1S/C22H14N2O2/c23-21-5-1-3-13-7-15-10-18-12-20-14(4-2-6-22(20)24(25)26)8-16(18)9-17(15)11-19(13)21/h1-12H,23H2. The summed E-state index contributed by atoms with van der Waals surface area (Å²) in [5.74, 6) is 0. The fourth-order valence-corrected chi connectivity index (χ4v) is 3.72. The lowest BCUT2D eigenvalue weighted by atomic mass is 9.97. The molecule has 0 amide bonds. The van der Waals surface area contributed by atoms with E-state index >= 15 is 0 Å². The SMILES string of the molecule is Nc1cccc2cc3cc4cc5c([N+](=O)[O-])cccc5cc4cc3cc12. The molecule has 0 radical (unpaired) electrons. The highest BCUT2D eigenvalue weighted by Gasteiger charge is 2.12. The molecular weight excluding hydrogens is 324 g/mol. The molecule has 0 saturated carbocycles. The van der Waals surface area contributed by atoms with Crippen molar-refractivity contribution >= 4 is 54.5 Å². The van der Waals surface area contributed by atoms with Crippen molar-refractivity contribution in [1.82, 2.24) is 0 Å². The van der Waals surface area contributed by atoms with Crippen LogP contribution in [0.3, 0.4) is 0 Å². The van der Waals surface area contributed by atoms with E-state index in [2.05, 4.69) is 24.3 Å². The van der Waals surface area contributed by atoms with Gasteiger partial charge in [-0.1, -0.05) is 24.3 Å². The predicted octanol–water partition coefficient (Wildman–Crippen LogP) is 5.79. The Bertz CT molecular complexity index is 1370. The predicted molar refractivity (Wildman–Crippen MR) is 108 cm³/mol. The van der Waals surface area contributed by atoms with Gasteiger partial charge in [0.25, 0.3) is 5.69 Å². The molecule has 0 bridgehead atoms. The van der Waals surface area contributed by atoms with Gasteiger partial charge in [-0.3, -0.25) is 10.1 Å². The van der Waals surface area contributed by atoms with Gasteiger partial charge in [0.05, 0.1) is 10.3 Å². The minimum absolute atomic E-state index is 0.135. The van der Waals surface area contributed by atoms with Crippen LogP contribution in [0, 0.1) is 10.1 Å². The van der Waals surface area contributed by atoms with Crippen molar-refractivity contribution in [1.29, 1.82) is 0 Å². The summed E-state index contributed by atoms with van der Waals surface area (Å²) in [6.45, 7) is 0. The minimum Gasteiger partial charge on any atom is -0.398 e. The summed E-state index contributed by atoms with van der Waals surface area (Å²) in [7, 11) is 0. The topological polar surface area (TPSA) is 69.2 Å². The zero-order chi connectivity index (χ0) is 17.8. The number of anilines is 1. The summed E-state index contributed by atoms with van der Waals surface area (Å²) in [5, 5.41) is 19.2. The van der Waals surface area contributed by atoms with Crippen LogP contribution >= 0.6 is 0 Å². The summed E-state index contributed by atoms with van der Waals surface area (Å²) in [5.41, 5.74) is 7.01. The first-order valence-electron chi connectivity index (χ1n) is 8.33. The molecule has 26 heavy (non-hydrogen) atoms. The van der Waals surface area contributed by atoms with E-state index in [1.54, 1.807) is 12.1 Å². The average molecular weight is 338 g/mol. The molecule has 5 rings (SSSR count). The van der Waals surface area contributed by atoms with Crippen LogP contribution in [0.1, 0.15) is 0 Å². The van der Waals surface area contributed by atoms with Gasteiger partial charge >= 0.3 is 0 Å². The number of nitro benzene ring substituents is 1. The molecule has 0 spiro atoms. The van der Waals surface area contributed by atoms with E-state index in [9.17, 15) is 10.1 Å². The molecule has 0 aliphatic rings. The number of rotatable bonds is 1. The van der Waals surface area contributed by atoms with Crippen LogP contribution < -0.4 is 5.73 Å². The Labute approximate surface area is 148 Å². The largest absolute Gasteiger partial charge is 0.398 e. The number of nitrogen functional groups attached to an aromatic ring is 1. The van der Waals surface area contributed by atoms with Crippen LogP contribution in [-0.2, 0) is 0 Å². The number of non-ortho nitro benzene ring substituents is 1. The lowest BCUT2D eigenvalue weighted by molar-refractivity contribution is -0.383. The highest BCUT2D eigenvalue weighted by atomic mass is 16.6. The normalized spacial score (nSPS) is 11.5. The zero-order valence-corrected chi connectivity index (χ0v) is 13.8. The molecule has 0 atom stereocenters. The summed E-state index contributed by atoms with van der Waals surface area (Å²) in [6, 6.07) is 23.4. The quantitative estimate of drug-likeness (QED) is 0.182. The van der Waals surface area contributed by atoms with E-state index in [1.807, 2.05) is 36.4 Å². The fourth-order valence-electron chi connectivity index (χ4n) is 3.72. The van der Waals surface area contributed by atoms with Gasteiger partial charge in [0, 0.05) is 17.1 Å². The number of hydrogen-bond donors (Lipinski definition) is 1. The second-order valence-corrected chi connectivity index (χ2v) is 6.57. The number of nitro groups is 1. The summed E-state index contributed by atoms with van der Waals surface area (Å²) in [4.78, 5) is 11.0. The van der Waals surface area contributed by atoms with E-state index < -0.39 is 0 Å². The molecule has 0 unspecified atom stereocenters. The van der Waals surface area contributed by atoms with Crippen molar-refractivity contribution in [3.63, 3.8) is 0 Å². The first kappa shape index (κ1) is 14.7. The van der Waals surface area contributed by atoms with Crippen molar-refractivity contribution in [2.75, 3.05) is 5.73 Å². The van der Waals surface area contributed by atoms with Crippen LogP contribution in [0.25, 0.3) is 43.1 Å². The minimum atomic E-state index is -0.328. The van der Waals surface area contributed by atoms with Gasteiger partial charge in [-0.05, 0) is 74.8 Å². The number of nitrogens with two attached hydrogens (primary N) is 1. The molecule has 0 saturated heterocycles. The van der Waals surface area contributed by atoms with Crippen LogP contribution in [0.4, 0.5) is 11.4 Å². The van der Waals surface area contributed by atoms with E-state index in [0.717, 1.165) is 43.4 Å². The molecule has 0 fully saturated rings. The molecule has 0 aliphatic heterocycles. The Balaban J connectivity index is 1.89. The summed E-state index contributed by atoms with van der Waals surface area (Å²) >= 11 is 0. The second-order valence-electron chi connectivity index (χ2n) is 6.57. The monoisotopic (exact) mass is 338 g/mol. The van der Waals surface area contributed by atoms with Gasteiger partial charge in [-0.15, -0.1) is 0 Å². The number of benzene rings is 5. The molecule has 0 aromatic heterocycles. The summed E-state index contributed by atoms with van der Waals surface area (Å²) in [6.07, 6.45) is 0. The molecule has 4 heteroatoms. The molecule has 124 valence electrons.